The van der Waals surface area contributed by atoms with Crippen molar-refractivity contribution in [2.24, 2.45) is 0 Å². The van der Waals surface area contributed by atoms with Crippen molar-refractivity contribution in [1.29, 1.82) is 0 Å². The Morgan fingerprint density at radius 2 is 1.65 bits per heavy atom. The van der Waals surface area contributed by atoms with E-state index >= 15 is 0 Å². The van der Waals surface area contributed by atoms with Crippen LogP contribution in [0.1, 0.15) is 6.92 Å². The van der Waals surface area contributed by atoms with E-state index in [4.69, 9.17) is 9.29 Å². The van der Waals surface area contributed by atoms with Gasteiger partial charge in [-0.1, -0.05) is 42.5 Å². The Balaban J connectivity index is 1.94. The van der Waals surface area contributed by atoms with Crippen molar-refractivity contribution in [1.82, 2.24) is 0 Å². The van der Waals surface area contributed by atoms with Crippen LogP contribution in [0.25, 0.3) is 11.1 Å². The average molecular weight is 292 g/mol. The van der Waals surface area contributed by atoms with E-state index in [1.165, 1.54) is 0 Å². The van der Waals surface area contributed by atoms with Crippen LogP contribution in [0, 0.1) is 0 Å². The zero-order valence-corrected chi connectivity index (χ0v) is 11.9. The highest BCUT2D eigenvalue weighted by atomic mass is 32.2. The van der Waals surface area contributed by atoms with Crippen LogP contribution in [0.5, 0.6) is 5.75 Å². The van der Waals surface area contributed by atoms with E-state index in [1.54, 1.807) is 6.92 Å². The molecule has 0 amide bonds. The molecule has 0 aliphatic rings. The molecule has 0 aliphatic carbocycles. The number of rotatable bonds is 6. The smallest absolute Gasteiger partial charge is 0.302 e. The predicted octanol–water partition coefficient (Wildman–Crippen LogP) is 3.27. The fourth-order valence-electron chi connectivity index (χ4n) is 1.76. The van der Waals surface area contributed by atoms with Crippen molar-refractivity contribution in [3.05, 3.63) is 54.6 Å². The summed E-state index contributed by atoms with van der Waals surface area (Å²) in [7, 11) is 0. The molecule has 2 aromatic carbocycles. The molecule has 0 spiro atoms. The van der Waals surface area contributed by atoms with Crippen LogP contribution in [-0.4, -0.2) is 21.5 Å². The molecule has 0 bridgehead atoms. The zero-order chi connectivity index (χ0) is 14.4. The Kier molecular flexibility index (Phi) is 5.29. The standard InChI is InChI=1S/C15H16O4S/c1-12(19-20(16)17)11-18-15-9-7-14(8-10-15)13-5-3-2-4-6-13/h2-10,12H,11H2,1H3,(H,16,17). The molecular formula is C15H16O4S. The third-order valence-corrected chi connectivity index (χ3v) is 3.19. The Morgan fingerprint density at radius 3 is 2.25 bits per heavy atom. The van der Waals surface area contributed by atoms with E-state index in [-0.39, 0.29) is 6.61 Å². The van der Waals surface area contributed by atoms with Crippen LogP contribution < -0.4 is 4.74 Å². The Bertz CT molecular complexity index is 554. The van der Waals surface area contributed by atoms with Gasteiger partial charge in [0.15, 0.2) is 0 Å². The van der Waals surface area contributed by atoms with E-state index in [0.29, 0.717) is 5.75 Å². The van der Waals surface area contributed by atoms with Crippen LogP contribution >= 0.6 is 0 Å². The van der Waals surface area contributed by atoms with Crippen molar-refractivity contribution in [2.75, 3.05) is 6.61 Å². The van der Waals surface area contributed by atoms with Crippen molar-refractivity contribution in [3.8, 4) is 16.9 Å². The normalized spacial score (nSPS) is 13.7. The lowest BCUT2D eigenvalue weighted by Crippen LogP contribution is -2.18. The summed E-state index contributed by atoms with van der Waals surface area (Å²) < 4.78 is 29.2. The monoisotopic (exact) mass is 292 g/mol. The summed E-state index contributed by atoms with van der Waals surface area (Å²) in [5.74, 6) is 0.698. The maximum atomic E-state index is 10.5. The van der Waals surface area contributed by atoms with Gasteiger partial charge in [0, 0.05) is 0 Å². The summed E-state index contributed by atoms with van der Waals surface area (Å²) in [6.07, 6.45) is -0.449. The first-order valence-electron chi connectivity index (χ1n) is 6.21. The van der Waals surface area contributed by atoms with Crippen molar-refractivity contribution in [3.63, 3.8) is 0 Å². The molecule has 0 fully saturated rings. The molecule has 2 atom stereocenters. The van der Waals surface area contributed by atoms with E-state index in [9.17, 15) is 4.21 Å². The quantitative estimate of drug-likeness (QED) is 0.830. The Hall–Kier alpha value is -1.69. The molecule has 106 valence electrons. The number of hydrogen-bond acceptors (Lipinski definition) is 3. The first kappa shape index (κ1) is 14.7. The van der Waals surface area contributed by atoms with Crippen LogP contribution in [0.4, 0.5) is 0 Å². The molecule has 0 saturated heterocycles. The van der Waals surface area contributed by atoms with Gasteiger partial charge in [-0.25, -0.2) is 0 Å². The second-order valence-corrected chi connectivity index (χ2v) is 4.95. The van der Waals surface area contributed by atoms with Crippen molar-refractivity contribution in [2.45, 2.75) is 13.0 Å². The number of hydrogen-bond donors (Lipinski definition) is 1. The van der Waals surface area contributed by atoms with Crippen LogP contribution in [0.3, 0.4) is 0 Å². The van der Waals surface area contributed by atoms with Crippen molar-refractivity contribution < 1.29 is 17.7 Å². The Labute approximate surface area is 120 Å². The highest BCUT2D eigenvalue weighted by molar-refractivity contribution is 7.74. The molecule has 1 N–H and O–H groups in total. The molecule has 2 aromatic rings. The summed E-state index contributed by atoms with van der Waals surface area (Å²) in [6.45, 7) is 1.89. The van der Waals surface area contributed by atoms with E-state index < -0.39 is 17.5 Å². The third kappa shape index (κ3) is 4.45. The lowest BCUT2D eigenvalue weighted by molar-refractivity contribution is 0.146. The predicted molar refractivity (Wildman–Crippen MR) is 78.7 cm³/mol. The second-order valence-electron chi connectivity index (χ2n) is 4.33. The maximum absolute atomic E-state index is 10.5. The van der Waals surface area contributed by atoms with Gasteiger partial charge in [0.2, 0.25) is 0 Å². The molecule has 0 radical (unpaired) electrons. The van der Waals surface area contributed by atoms with Crippen LogP contribution in [-0.2, 0) is 15.5 Å². The minimum Gasteiger partial charge on any atom is -0.491 e. The summed E-state index contributed by atoms with van der Waals surface area (Å²) in [5, 5.41) is 0. The SMILES string of the molecule is CC(COc1ccc(-c2ccccc2)cc1)OS(=O)O. The zero-order valence-electron chi connectivity index (χ0n) is 11.1. The molecule has 20 heavy (non-hydrogen) atoms. The molecule has 5 heteroatoms. The van der Waals surface area contributed by atoms with E-state index in [1.807, 2.05) is 54.6 Å². The molecule has 2 unspecified atom stereocenters. The molecule has 4 nitrogen and oxygen atoms in total. The van der Waals surface area contributed by atoms with Crippen LogP contribution in [0.2, 0.25) is 0 Å². The summed E-state index contributed by atoms with van der Waals surface area (Å²) in [4.78, 5) is 0. The molecule has 0 aromatic heterocycles. The molecular weight excluding hydrogens is 276 g/mol. The average Bonchev–Trinajstić information content (AvgIpc) is 2.46. The first-order valence-corrected chi connectivity index (χ1v) is 7.24. The topological polar surface area (TPSA) is 55.8 Å². The van der Waals surface area contributed by atoms with Gasteiger partial charge < -0.3 is 4.74 Å². The van der Waals surface area contributed by atoms with Crippen molar-refractivity contribution >= 4 is 11.4 Å². The van der Waals surface area contributed by atoms with Gasteiger partial charge in [-0.2, -0.15) is 4.21 Å². The van der Waals surface area contributed by atoms with Gasteiger partial charge in [-0.15, -0.1) is 0 Å². The lowest BCUT2D eigenvalue weighted by atomic mass is 10.1. The molecule has 0 aliphatic heterocycles. The maximum Gasteiger partial charge on any atom is 0.302 e. The first-order chi connectivity index (χ1) is 9.65. The highest BCUT2D eigenvalue weighted by Gasteiger charge is 2.07. The Morgan fingerprint density at radius 1 is 1.05 bits per heavy atom. The van der Waals surface area contributed by atoms with Gasteiger partial charge >= 0.3 is 11.4 Å². The van der Waals surface area contributed by atoms with Gasteiger partial charge in [-0.3, -0.25) is 8.74 Å². The van der Waals surface area contributed by atoms with Gasteiger partial charge in [0.05, 0.1) is 0 Å². The molecule has 2 rings (SSSR count). The minimum absolute atomic E-state index is 0.219. The van der Waals surface area contributed by atoms with Gasteiger partial charge in [0.25, 0.3) is 0 Å². The van der Waals surface area contributed by atoms with Gasteiger partial charge in [-0.05, 0) is 30.2 Å². The van der Waals surface area contributed by atoms with Crippen LogP contribution in [0.15, 0.2) is 54.6 Å². The second kappa shape index (κ2) is 7.19. The molecule has 0 heterocycles. The summed E-state index contributed by atoms with van der Waals surface area (Å²) in [6, 6.07) is 17.7. The van der Waals surface area contributed by atoms with Gasteiger partial charge in [0.1, 0.15) is 18.5 Å². The third-order valence-electron chi connectivity index (χ3n) is 2.69. The summed E-state index contributed by atoms with van der Waals surface area (Å²) in [5.41, 5.74) is 2.25. The fraction of sp³-hybridized carbons (Fsp3) is 0.200. The van der Waals surface area contributed by atoms with E-state index in [2.05, 4.69) is 4.18 Å². The largest absolute Gasteiger partial charge is 0.491 e. The molecule has 0 saturated carbocycles. The minimum atomic E-state index is -2.26. The highest BCUT2D eigenvalue weighted by Crippen LogP contribution is 2.22. The lowest BCUT2D eigenvalue weighted by Gasteiger charge is -2.11. The summed E-state index contributed by atoms with van der Waals surface area (Å²) >= 11 is -2.26. The fourth-order valence-corrected chi connectivity index (χ4v) is 2.09. The van der Waals surface area contributed by atoms with E-state index in [0.717, 1.165) is 11.1 Å². The number of ether oxygens (including phenoxy) is 1. The number of benzene rings is 2.